The molecule has 1 saturated carbocycles. The van der Waals surface area contributed by atoms with Crippen molar-refractivity contribution in [3.63, 3.8) is 0 Å². The van der Waals surface area contributed by atoms with Crippen molar-refractivity contribution >= 4 is 29.2 Å². The molecular weight excluding hydrogens is 282 g/mol. The zero-order chi connectivity index (χ0) is 13.9. The lowest BCUT2D eigenvalue weighted by molar-refractivity contribution is 0.149. The van der Waals surface area contributed by atoms with Gasteiger partial charge in [0.25, 0.3) is 0 Å². The van der Waals surface area contributed by atoms with Crippen LogP contribution in [0.4, 0.5) is 5.82 Å². The number of nitrogens with zero attached hydrogens (tertiary/aromatic N) is 2. The van der Waals surface area contributed by atoms with E-state index in [0.29, 0.717) is 22.0 Å². The van der Waals surface area contributed by atoms with Crippen LogP contribution >= 0.6 is 23.4 Å². The summed E-state index contributed by atoms with van der Waals surface area (Å²) in [6.45, 7) is 2.35. The zero-order valence-electron chi connectivity index (χ0n) is 11.3. The Hall–Kier alpha value is -0.520. The second kappa shape index (κ2) is 6.29. The van der Waals surface area contributed by atoms with Crippen molar-refractivity contribution in [3.05, 3.63) is 11.2 Å². The fraction of sp³-hybridized carbons (Fsp3) is 0.692. The van der Waals surface area contributed by atoms with Crippen LogP contribution in [0.15, 0.2) is 11.2 Å². The van der Waals surface area contributed by atoms with Gasteiger partial charge in [-0.2, -0.15) is 0 Å². The van der Waals surface area contributed by atoms with Crippen LogP contribution in [-0.4, -0.2) is 33.5 Å². The van der Waals surface area contributed by atoms with Gasteiger partial charge in [0.1, 0.15) is 11.0 Å². The number of hydrogen-bond acceptors (Lipinski definition) is 5. The summed E-state index contributed by atoms with van der Waals surface area (Å²) in [7, 11) is 0. The van der Waals surface area contributed by atoms with E-state index in [9.17, 15) is 5.11 Å². The lowest BCUT2D eigenvalue weighted by atomic mass is 9.77. The summed E-state index contributed by atoms with van der Waals surface area (Å²) in [6.07, 6.45) is 6.19. The summed E-state index contributed by atoms with van der Waals surface area (Å²) in [5.74, 6) is 1.32. The Balaban J connectivity index is 2.20. The molecule has 19 heavy (non-hydrogen) atoms. The Morgan fingerprint density at radius 1 is 1.58 bits per heavy atom. The van der Waals surface area contributed by atoms with Crippen molar-refractivity contribution in [3.8, 4) is 0 Å². The maximum absolute atomic E-state index is 9.77. The van der Waals surface area contributed by atoms with E-state index >= 15 is 0 Å². The molecule has 2 unspecified atom stereocenters. The maximum Gasteiger partial charge on any atom is 0.190 e. The van der Waals surface area contributed by atoms with Crippen molar-refractivity contribution in [1.29, 1.82) is 0 Å². The first-order chi connectivity index (χ1) is 9.07. The van der Waals surface area contributed by atoms with E-state index in [1.165, 1.54) is 18.2 Å². The highest BCUT2D eigenvalue weighted by Crippen LogP contribution is 2.34. The van der Waals surface area contributed by atoms with Crippen LogP contribution in [0.25, 0.3) is 0 Å². The van der Waals surface area contributed by atoms with Crippen molar-refractivity contribution in [2.24, 2.45) is 5.92 Å². The first-order valence-corrected chi connectivity index (χ1v) is 8.15. The van der Waals surface area contributed by atoms with Gasteiger partial charge in [-0.15, -0.1) is 0 Å². The summed E-state index contributed by atoms with van der Waals surface area (Å²) in [6, 6.07) is 1.72. The molecule has 0 spiro atoms. The summed E-state index contributed by atoms with van der Waals surface area (Å²) < 4.78 is 0. The van der Waals surface area contributed by atoms with Crippen LogP contribution in [0.1, 0.15) is 32.6 Å². The molecule has 1 aliphatic rings. The van der Waals surface area contributed by atoms with Crippen LogP contribution in [0.2, 0.25) is 5.15 Å². The molecule has 1 aromatic heterocycles. The quantitative estimate of drug-likeness (QED) is 0.508. The minimum Gasteiger partial charge on any atom is -0.394 e. The largest absolute Gasteiger partial charge is 0.394 e. The number of nitrogens with one attached hydrogen (secondary N) is 1. The average molecular weight is 302 g/mol. The molecule has 0 bridgehead atoms. The average Bonchev–Trinajstić information content (AvgIpc) is 2.38. The molecule has 0 aliphatic heterocycles. The fourth-order valence-electron chi connectivity index (χ4n) is 2.78. The molecule has 0 radical (unpaired) electrons. The van der Waals surface area contributed by atoms with Gasteiger partial charge in [0.2, 0.25) is 0 Å². The molecule has 6 heteroatoms. The Bertz CT molecular complexity index is 446. The van der Waals surface area contributed by atoms with Crippen molar-refractivity contribution in [2.45, 2.75) is 43.3 Å². The normalized spacial score (nSPS) is 27.3. The summed E-state index contributed by atoms with van der Waals surface area (Å²) >= 11 is 7.45. The molecule has 2 rings (SSSR count). The van der Waals surface area contributed by atoms with E-state index in [1.54, 1.807) is 6.07 Å². The van der Waals surface area contributed by atoms with E-state index < -0.39 is 0 Å². The fourth-order valence-corrected chi connectivity index (χ4v) is 3.39. The smallest absolute Gasteiger partial charge is 0.190 e. The van der Waals surface area contributed by atoms with Crippen LogP contribution in [0.5, 0.6) is 0 Å². The Kier molecular flexibility index (Phi) is 4.92. The first kappa shape index (κ1) is 14.9. The molecule has 1 heterocycles. The third-order valence-electron chi connectivity index (χ3n) is 3.64. The van der Waals surface area contributed by atoms with Crippen molar-refractivity contribution < 1.29 is 5.11 Å². The molecule has 1 aliphatic carbocycles. The van der Waals surface area contributed by atoms with Crippen LogP contribution in [0, 0.1) is 5.92 Å². The highest BCUT2D eigenvalue weighted by atomic mass is 35.5. The molecule has 1 fully saturated rings. The predicted molar refractivity (Wildman–Crippen MR) is 79.9 cm³/mol. The minimum absolute atomic E-state index is 0.119. The molecular formula is C13H20ClN3OS. The zero-order valence-corrected chi connectivity index (χ0v) is 12.9. The number of aliphatic hydroxyl groups excluding tert-OH is 1. The second-order valence-corrected chi connectivity index (χ2v) is 6.49. The number of aromatic nitrogens is 2. The van der Waals surface area contributed by atoms with E-state index in [1.807, 2.05) is 6.26 Å². The highest BCUT2D eigenvalue weighted by molar-refractivity contribution is 7.98. The van der Waals surface area contributed by atoms with Gasteiger partial charge in [0, 0.05) is 6.07 Å². The van der Waals surface area contributed by atoms with Crippen molar-refractivity contribution in [2.75, 3.05) is 18.2 Å². The van der Waals surface area contributed by atoms with Crippen LogP contribution in [0.3, 0.4) is 0 Å². The molecule has 4 nitrogen and oxygen atoms in total. The summed E-state index contributed by atoms with van der Waals surface area (Å²) in [4.78, 5) is 8.53. The van der Waals surface area contributed by atoms with Gasteiger partial charge < -0.3 is 10.4 Å². The maximum atomic E-state index is 9.77. The van der Waals surface area contributed by atoms with Gasteiger partial charge in [0.05, 0.1) is 12.1 Å². The second-order valence-electron chi connectivity index (χ2n) is 5.33. The van der Waals surface area contributed by atoms with E-state index in [-0.39, 0.29) is 12.1 Å². The molecule has 106 valence electrons. The lowest BCUT2D eigenvalue weighted by Crippen LogP contribution is -2.46. The van der Waals surface area contributed by atoms with E-state index in [4.69, 9.17) is 11.6 Å². The predicted octanol–water partition coefficient (Wildman–Crippen LogP) is 3.21. The number of thioether (sulfide) groups is 1. The molecule has 2 atom stereocenters. The highest BCUT2D eigenvalue weighted by Gasteiger charge is 2.34. The molecule has 2 N–H and O–H groups in total. The van der Waals surface area contributed by atoms with E-state index in [2.05, 4.69) is 22.2 Å². The van der Waals surface area contributed by atoms with Gasteiger partial charge in [-0.1, -0.05) is 43.1 Å². The molecule has 0 aromatic carbocycles. The number of aliphatic hydroxyl groups is 1. The Morgan fingerprint density at radius 2 is 2.37 bits per heavy atom. The van der Waals surface area contributed by atoms with Gasteiger partial charge in [0.15, 0.2) is 5.16 Å². The minimum atomic E-state index is -0.273. The summed E-state index contributed by atoms with van der Waals surface area (Å²) in [5.41, 5.74) is -0.273. The van der Waals surface area contributed by atoms with Gasteiger partial charge >= 0.3 is 0 Å². The van der Waals surface area contributed by atoms with Crippen LogP contribution in [-0.2, 0) is 0 Å². The number of halogens is 1. The molecule has 1 aromatic rings. The third-order valence-corrected chi connectivity index (χ3v) is 4.39. The lowest BCUT2D eigenvalue weighted by Gasteiger charge is -2.39. The standard InChI is InChI=1S/C13H20ClN3OS/c1-9-4-3-5-13(7-9,8-18)17-11-6-10(14)15-12(16-11)19-2/h6,9,18H,3-5,7-8H2,1-2H3,(H,15,16,17). The number of hydrogen-bond donors (Lipinski definition) is 2. The molecule has 0 saturated heterocycles. The monoisotopic (exact) mass is 301 g/mol. The van der Waals surface area contributed by atoms with Gasteiger partial charge in [-0.3, -0.25) is 0 Å². The molecule has 0 amide bonds. The van der Waals surface area contributed by atoms with Crippen LogP contribution < -0.4 is 5.32 Å². The van der Waals surface area contributed by atoms with E-state index in [0.717, 1.165) is 19.3 Å². The number of anilines is 1. The first-order valence-electron chi connectivity index (χ1n) is 6.54. The van der Waals surface area contributed by atoms with Crippen molar-refractivity contribution in [1.82, 2.24) is 9.97 Å². The third kappa shape index (κ3) is 3.74. The topological polar surface area (TPSA) is 58.0 Å². The van der Waals surface area contributed by atoms with Gasteiger partial charge in [-0.05, 0) is 25.0 Å². The summed E-state index contributed by atoms with van der Waals surface area (Å²) in [5, 5.41) is 14.2. The Labute approximate surface area is 123 Å². The van der Waals surface area contributed by atoms with Gasteiger partial charge in [-0.25, -0.2) is 9.97 Å². The SMILES string of the molecule is CSc1nc(Cl)cc(NC2(CO)CCCC(C)C2)n1. The number of rotatable bonds is 4. The Morgan fingerprint density at radius 3 is 3.00 bits per heavy atom.